The number of rotatable bonds is 4. The standard InChI is InChI=1S/C10H4N4O9/c15-10-5-1-4(11(16)17)2-6(12(18)19)9(5)7(13(20)21)3-8(10)14(22)23/h1-3,15H. The van der Waals surface area contributed by atoms with Crippen molar-refractivity contribution < 1.29 is 24.8 Å². The molecule has 0 spiro atoms. The number of benzene rings is 2. The van der Waals surface area contributed by atoms with E-state index in [0.29, 0.717) is 18.2 Å². The summed E-state index contributed by atoms with van der Waals surface area (Å²) in [4.78, 5) is 39.3. The first kappa shape index (κ1) is 15.5. The molecule has 0 amide bonds. The van der Waals surface area contributed by atoms with Crippen LogP contribution in [0.1, 0.15) is 0 Å². The summed E-state index contributed by atoms with van der Waals surface area (Å²) < 4.78 is 0. The molecule has 0 aliphatic heterocycles. The highest BCUT2D eigenvalue weighted by molar-refractivity contribution is 6.05. The Hall–Kier alpha value is -3.90. The van der Waals surface area contributed by atoms with E-state index in [-0.39, 0.29) is 0 Å². The Morgan fingerprint density at radius 1 is 0.696 bits per heavy atom. The fourth-order valence-electron chi connectivity index (χ4n) is 2.01. The van der Waals surface area contributed by atoms with Crippen LogP contribution in [0, 0.1) is 40.5 Å². The molecule has 13 heteroatoms. The average Bonchev–Trinajstić information content (AvgIpc) is 2.45. The molecule has 13 nitrogen and oxygen atoms in total. The minimum absolute atomic E-state index is 0.358. The molecule has 0 fully saturated rings. The number of hydrogen-bond donors (Lipinski definition) is 1. The van der Waals surface area contributed by atoms with Crippen molar-refractivity contribution in [1.29, 1.82) is 0 Å². The molecule has 23 heavy (non-hydrogen) atoms. The molecular weight excluding hydrogens is 320 g/mol. The minimum atomic E-state index is -1.15. The van der Waals surface area contributed by atoms with Gasteiger partial charge in [-0.2, -0.15) is 0 Å². The quantitative estimate of drug-likeness (QED) is 0.647. The van der Waals surface area contributed by atoms with Gasteiger partial charge in [-0.15, -0.1) is 0 Å². The SMILES string of the molecule is O=[N+]([O-])c1cc([N+](=O)[O-])c2c([N+](=O)[O-])cc([N+](=O)[O-])c(O)c2c1. The van der Waals surface area contributed by atoms with Crippen LogP contribution < -0.4 is 0 Å². The highest BCUT2D eigenvalue weighted by Crippen LogP contribution is 2.45. The maximum atomic E-state index is 11.0. The van der Waals surface area contributed by atoms with Gasteiger partial charge in [-0.05, 0) is 0 Å². The number of non-ortho nitro benzene ring substituents is 3. The van der Waals surface area contributed by atoms with E-state index >= 15 is 0 Å². The third-order valence-corrected chi connectivity index (χ3v) is 2.93. The van der Waals surface area contributed by atoms with Crippen LogP contribution in [0.5, 0.6) is 5.75 Å². The van der Waals surface area contributed by atoms with Gasteiger partial charge in [0.15, 0.2) is 0 Å². The van der Waals surface area contributed by atoms with E-state index in [0.717, 1.165) is 0 Å². The molecule has 0 aromatic heterocycles. The van der Waals surface area contributed by atoms with E-state index in [1.807, 2.05) is 0 Å². The van der Waals surface area contributed by atoms with Crippen LogP contribution in [0.15, 0.2) is 18.2 Å². The lowest BCUT2D eigenvalue weighted by Gasteiger charge is -2.04. The molecule has 0 heterocycles. The Morgan fingerprint density at radius 2 is 1.17 bits per heavy atom. The Kier molecular flexibility index (Phi) is 3.46. The molecule has 2 rings (SSSR count). The maximum absolute atomic E-state index is 11.0. The third kappa shape index (κ3) is 2.41. The number of fused-ring (bicyclic) bond motifs is 1. The highest BCUT2D eigenvalue weighted by atomic mass is 16.6. The van der Waals surface area contributed by atoms with E-state index in [4.69, 9.17) is 0 Å². The molecule has 2 aromatic rings. The van der Waals surface area contributed by atoms with Gasteiger partial charge in [0.25, 0.3) is 17.1 Å². The Labute approximate surface area is 124 Å². The second-order valence-corrected chi connectivity index (χ2v) is 4.18. The predicted molar refractivity (Wildman–Crippen MR) is 72.2 cm³/mol. The summed E-state index contributed by atoms with van der Waals surface area (Å²) >= 11 is 0. The van der Waals surface area contributed by atoms with Crippen molar-refractivity contribution in [3.8, 4) is 5.75 Å². The molecule has 0 aliphatic rings. The fraction of sp³-hybridized carbons (Fsp3) is 0. The summed E-state index contributed by atoms with van der Waals surface area (Å²) in [6.07, 6.45) is 0. The van der Waals surface area contributed by atoms with Crippen molar-refractivity contribution in [3.05, 3.63) is 58.7 Å². The lowest BCUT2D eigenvalue weighted by Crippen LogP contribution is -1.99. The molecular formula is C10H4N4O9. The number of phenols is 1. The van der Waals surface area contributed by atoms with Crippen LogP contribution in [0.3, 0.4) is 0 Å². The Morgan fingerprint density at radius 3 is 1.61 bits per heavy atom. The van der Waals surface area contributed by atoms with Gasteiger partial charge < -0.3 is 5.11 Å². The average molecular weight is 324 g/mol. The smallest absolute Gasteiger partial charge is 0.318 e. The highest BCUT2D eigenvalue weighted by Gasteiger charge is 2.33. The van der Waals surface area contributed by atoms with Gasteiger partial charge >= 0.3 is 5.69 Å². The molecule has 0 radical (unpaired) electrons. The molecule has 1 N–H and O–H groups in total. The van der Waals surface area contributed by atoms with E-state index < -0.39 is 59.0 Å². The number of nitrogens with zero attached hydrogens (tertiary/aromatic N) is 4. The van der Waals surface area contributed by atoms with Gasteiger partial charge in [-0.25, -0.2) is 0 Å². The summed E-state index contributed by atoms with van der Waals surface area (Å²) in [6, 6.07) is 1.43. The number of nitro groups is 4. The monoisotopic (exact) mass is 324 g/mol. The maximum Gasteiger partial charge on any atom is 0.318 e. The molecule has 0 saturated heterocycles. The predicted octanol–water partition coefficient (Wildman–Crippen LogP) is 2.18. The van der Waals surface area contributed by atoms with Crippen LogP contribution in [-0.4, -0.2) is 24.8 Å². The lowest BCUT2D eigenvalue weighted by molar-refractivity contribution is -0.397. The van der Waals surface area contributed by atoms with Crippen molar-refractivity contribution in [2.24, 2.45) is 0 Å². The molecule has 0 atom stereocenters. The van der Waals surface area contributed by atoms with Crippen molar-refractivity contribution in [1.82, 2.24) is 0 Å². The first-order valence-electron chi connectivity index (χ1n) is 5.56. The molecule has 0 aliphatic carbocycles. The van der Waals surface area contributed by atoms with Crippen molar-refractivity contribution >= 4 is 33.5 Å². The molecule has 2 aromatic carbocycles. The lowest BCUT2D eigenvalue weighted by atomic mass is 10.0. The summed E-state index contributed by atoms with van der Waals surface area (Å²) in [5, 5.41) is 52.1. The number of hydrogen-bond acceptors (Lipinski definition) is 9. The van der Waals surface area contributed by atoms with Gasteiger partial charge in [0, 0.05) is 6.07 Å². The van der Waals surface area contributed by atoms with Crippen molar-refractivity contribution in [2.45, 2.75) is 0 Å². The van der Waals surface area contributed by atoms with Gasteiger partial charge in [0.05, 0.1) is 37.2 Å². The van der Waals surface area contributed by atoms with Crippen LogP contribution in [0.25, 0.3) is 10.8 Å². The minimum Gasteiger partial charge on any atom is -0.502 e. The zero-order valence-electron chi connectivity index (χ0n) is 10.7. The Bertz CT molecular complexity index is 887. The van der Waals surface area contributed by atoms with Crippen LogP contribution in [0.2, 0.25) is 0 Å². The van der Waals surface area contributed by atoms with Crippen molar-refractivity contribution in [3.63, 3.8) is 0 Å². The van der Waals surface area contributed by atoms with E-state index in [9.17, 15) is 45.6 Å². The summed E-state index contributed by atoms with van der Waals surface area (Å²) in [5.74, 6) is -1.14. The molecule has 0 saturated carbocycles. The summed E-state index contributed by atoms with van der Waals surface area (Å²) in [6.45, 7) is 0. The molecule has 0 unspecified atom stereocenters. The third-order valence-electron chi connectivity index (χ3n) is 2.93. The number of aromatic hydroxyl groups is 1. The molecule has 118 valence electrons. The second-order valence-electron chi connectivity index (χ2n) is 4.18. The Balaban J connectivity index is 3.14. The van der Waals surface area contributed by atoms with E-state index in [1.165, 1.54) is 0 Å². The van der Waals surface area contributed by atoms with Gasteiger partial charge in [-0.3, -0.25) is 40.5 Å². The van der Waals surface area contributed by atoms with Crippen LogP contribution >= 0.6 is 0 Å². The first-order valence-corrected chi connectivity index (χ1v) is 5.56. The largest absolute Gasteiger partial charge is 0.502 e. The summed E-state index contributed by atoms with van der Waals surface area (Å²) in [7, 11) is 0. The van der Waals surface area contributed by atoms with Crippen molar-refractivity contribution in [2.75, 3.05) is 0 Å². The van der Waals surface area contributed by atoms with E-state index in [2.05, 4.69) is 0 Å². The first-order chi connectivity index (χ1) is 10.6. The van der Waals surface area contributed by atoms with Gasteiger partial charge in [-0.1, -0.05) is 0 Å². The fourth-order valence-corrected chi connectivity index (χ4v) is 2.01. The summed E-state index contributed by atoms with van der Waals surface area (Å²) in [5.41, 5.74) is -3.99. The van der Waals surface area contributed by atoms with Crippen LogP contribution in [0.4, 0.5) is 22.7 Å². The number of phenolic OH excluding ortho intramolecular Hbond substituents is 1. The normalized spacial score (nSPS) is 10.4. The van der Waals surface area contributed by atoms with Gasteiger partial charge in [0.2, 0.25) is 5.75 Å². The van der Waals surface area contributed by atoms with E-state index in [1.54, 1.807) is 0 Å². The number of nitro benzene ring substituents is 4. The zero-order valence-corrected chi connectivity index (χ0v) is 10.7. The zero-order chi connectivity index (χ0) is 17.5. The topological polar surface area (TPSA) is 193 Å². The van der Waals surface area contributed by atoms with Crippen LogP contribution in [-0.2, 0) is 0 Å². The second kappa shape index (κ2) is 5.14. The molecule has 0 bridgehead atoms. The van der Waals surface area contributed by atoms with Gasteiger partial charge in [0.1, 0.15) is 5.39 Å².